The van der Waals surface area contributed by atoms with Crippen LogP contribution in [0.1, 0.15) is 21.9 Å². The summed E-state index contributed by atoms with van der Waals surface area (Å²) < 4.78 is 5.33. The topological polar surface area (TPSA) is 49.6 Å². The molecule has 0 atom stereocenters. The highest BCUT2D eigenvalue weighted by Crippen LogP contribution is 2.20. The molecular weight excluding hydrogens is 346 g/mol. The molecule has 4 rings (SSSR count). The Morgan fingerprint density at radius 2 is 1.96 bits per heavy atom. The first-order valence-corrected chi connectivity index (χ1v) is 9.74. The molecule has 0 bridgehead atoms. The van der Waals surface area contributed by atoms with Gasteiger partial charge in [-0.25, -0.2) is 0 Å². The van der Waals surface area contributed by atoms with Gasteiger partial charge in [0, 0.05) is 49.2 Å². The lowest BCUT2D eigenvalue weighted by atomic mass is 10.1. The molecule has 0 spiro atoms. The summed E-state index contributed by atoms with van der Waals surface area (Å²) in [5.41, 5.74) is 1.65. The molecule has 0 saturated carbocycles. The van der Waals surface area contributed by atoms with Crippen LogP contribution in [-0.4, -0.2) is 47.0 Å². The van der Waals surface area contributed by atoms with Crippen molar-refractivity contribution in [1.29, 1.82) is 0 Å². The second-order valence-corrected chi connectivity index (χ2v) is 7.48. The molecule has 1 aliphatic rings. The van der Waals surface area contributed by atoms with E-state index in [4.69, 9.17) is 4.52 Å². The zero-order chi connectivity index (χ0) is 17.8. The zero-order valence-electron chi connectivity index (χ0n) is 14.5. The fraction of sp³-hybridized carbons (Fsp3) is 0.300. The van der Waals surface area contributed by atoms with Crippen molar-refractivity contribution in [2.24, 2.45) is 0 Å². The van der Waals surface area contributed by atoms with E-state index in [2.05, 4.69) is 27.6 Å². The summed E-state index contributed by atoms with van der Waals surface area (Å²) >= 11 is 1.78. The summed E-state index contributed by atoms with van der Waals surface area (Å²) in [6.45, 7) is 4.31. The molecule has 6 heteroatoms. The average molecular weight is 367 g/mol. The monoisotopic (exact) mass is 367 g/mol. The van der Waals surface area contributed by atoms with Crippen molar-refractivity contribution in [2.45, 2.75) is 13.0 Å². The molecule has 1 fully saturated rings. The Hall–Kier alpha value is -2.44. The smallest absolute Gasteiger partial charge is 0.292 e. The average Bonchev–Trinajstić information content (AvgIpc) is 3.31. The summed E-state index contributed by atoms with van der Waals surface area (Å²) in [5, 5.41) is 6.17. The third kappa shape index (κ3) is 3.86. The number of thiophene rings is 1. The van der Waals surface area contributed by atoms with Gasteiger partial charge in [-0.15, -0.1) is 11.3 Å². The molecule has 0 radical (unpaired) electrons. The highest BCUT2D eigenvalue weighted by atomic mass is 32.1. The second-order valence-electron chi connectivity index (χ2n) is 6.44. The predicted octanol–water partition coefficient (Wildman–Crippen LogP) is 3.75. The minimum absolute atomic E-state index is 0.0716. The Morgan fingerprint density at radius 1 is 1.08 bits per heavy atom. The van der Waals surface area contributed by atoms with E-state index in [1.807, 2.05) is 35.2 Å². The van der Waals surface area contributed by atoms with Gasteiger partial charge in [-0.2, -0.15) is 0 Å². The van der Waals surface area contributed by atoms with Crippen LogP contribution in [-0.2, 0) is 6.54 Å². The van der Waals surface area contributed by atoms with Gasteiger partial charge in [0.1, 0.15) is 5.69 Å². The van der Waals surface area contributed by atoms with Crippen molar-refractivity contribution in [3.8, 4) is 11.3 Å². The largest absolute Gasteiger partial charge is 0.350 e. The van der Waals surface area contributed by atoms with Crippen LogP contribution in [0.3, 0.4) is 0 Å². The standard InChI is InChI=1S/C20H21N3O2S/c24-20(19-14-18(21-25-19)16-6-2-1-3-7-16)23-10-5-9-22(11-12-23)15-17-8-4-13-26-17/h1-4,6-8,13-14H,5,9-12,15H2. The number of rotatable bonds is 4. The Morgan fingerprint density at radius 3 is 2.77 bits per heavy atom. The van der Waals surface area contributed by atoms with E-state index in [1.165, 1.54) is 4.88 Å². The summed E-state index contributed by atoms with van der Waals surface area (Å²) in [6.07, 6.45) is 0.969. The van der Waals surface area contributed by atoms with Crippen LogP contribution >= 0.6 is 11.3 Å². The number of carbonyl (C=O) groups is 1. The lowest BCUT2D eigenvalue weighted by Crippen LogP contribution is -2.34. The summed E-state index contributed by atoms with van der Waals surface area (Å²) in [7, 11) is 0. The van der Waals surface area contributed by atoms with E-state index >= 15 is 0 Å². The minimum atomic E-state index is -0.0716. The van der Waals surface area contributed by atoms with Gasteiger partial charge >= 0.3 is 0 Å². The molecule has 1 amide bonds. The van der Waals surface area contributed by atoms with Gasteiger partial charge in [0.2, 0.25) is 5.76 Å². The van der Waals surface area contributed by atoms with Crippen LogP contribution in [0.15, 0.2) is 58.4 Å². The number of hydrogen-bond acceptors (Lipinski definition) is 5. The van der Waals surface area contributed by atoms with Gasteiger partial charge in [-0.3, -0.25) is 9.69 Å². The van der Waals surface area contributed by atoms with Crippen molar-refractivity contribution >= 4 is 17.2 Å². The van der Waals surface area contributed by atoms with Crippen LogP contribution in [0.2, 0.25) is 0 Å². The first kappa shape index (κ1) is 17.0. The normalized spacial score (nSPS) is 15.8. The minimum Gasteiger partial charge on any atom is -0.350 e. The van der Waals surface area contributed by atoms with Crippen molar-refractivity contribution in [3.63, 3.8) is 0 Å². The maximum Gasteiger partial charge on any atom is 0.292 e. The Labute approximate surface area is 156 Å². The highest BCUT2D eigenvalue weighted by Gasteiger charge is 2.23. The molecule has 2 aromatic heterocycles. The number of amides is 1. The third-order valence-corrected chi connectivity index (χ3v) is 5.49. The van der Waals surface area contributed by atoms with Gasteiger partial charge in [0.15, 0.2) is 0 Å². The van der Waals surface area contributed by atoms with E-state index < -0.39 is 0 Å². The second kappa shape index (κ2) is 7.85. The maximum atomic E-state index is 12.8. The molecule has 0 aliphatic carbocycles. The van der Waals surface area contributed by atoms with Gasteiger partial charge in [0.05, 0.1) is 0 Å². The lowest BCUT2D eigenvalue weighted by Gasteiger charge is -2.20. The summed E-state index contributed by atoms with van der Waals surface area (Å²) in [4.78, 5) is 18.5. The first-order valence-electron chi connectivity index (χ1n) is 8.86. The predicted molar refractivity (Wildman–Crippen MR) is 102 cm³/mol. The molecule has 0 N–H and O–H groups in total. The number of benzene rings is 1. The fourth-order valence-electron chi connectivity index (χ4n) is 3.23. The van der Waals surface area contributed by atoms with Crippen LogP contribution in [0, 0.1) is 0 Å². The maximum absolute atomic E-state index is 12.8. The van der Waals surface area contributed by atoms with Crippen molar-refractivity contribution < 1.29 is 9.32 Å². The molecule has 26 heavy (non-hydrogen) atoms. The van der Waals surface area contributed by atoms with Crippen molar-refractivity contribution in [1.82, 2.24) is 15.0 Å². The van der Waals surface area contributed by atoms with Gasteiger partial charge in [-0.1, -0.05) is 41.6 Å². The van der Waals surface area contributed by atoms with Crippen LogP contribution < -0.4 is 0 Å². The Kier molecular flexibility index (Phi) is 5.13. The number of aromatic nitrogens is 1. The van der Waals surface area contributed by atoms with Gasteiger partial charge in [-0.05, 0) is 17.9 Å². The Bertz CT molecular complexity index is 845. The van der Waals surface area contributed by atoms with E-state index in [9.17, 15) is 4.79 Å². The molecule has 1 aliphatic heterocycles. The molecule has 3 heterocycles. The Balaban J connectivity index is 1.40. The molecule has 1 saturated heterocycles. The number of nitrogens with zero attached hydrogens (tertiary/aromatic N) is 3. The molecular formula is C20H21N3O2S. The zero-order valence-corrected chi connectivity index (χ0v) is 15.3. The van der Waals surface area contributed by atoms with Crippen LogP contribution in [0.5, 0.6) is 0 Å². The summed E-state index contributed by atoms with van der Waals surface area (Å²) in [5.74, 6) is 0.244. The molecule has 5 nitrogen and oxygen atoms in total. The van der Waals surface area contributed by atoms with Gasteiger partial charge < -0.3 is 9.42 Å². The molecule has 1 aromatic carbocycles. The van der Waals surface area contributed by atoms with E-state index in [1.54, 1.807) is 17.4 Å². The molecule has 0 unspecified atom stereocenters. The number of hydrogen-bond donors (Lipinski definition) is 0. The van der Waals surface area contributed by atoms with Crippen LogP contribution in [0.4, 0.5) is 0 Å². The fourth-order valence-corrected chi connectivity index (χ4v) is 3.98. The van der Waals surface area contributed by atoms with Crippen molar-refractivity contribution in [3.05, 3.63) is 64.5 Å². The van der Waals surface area contributed by atoms with Crippen molar-refractivity contribution in [2.75, 3.05) is 26.2 Å². The summed E-state index contributed by atoms with van der Waals surface area (Å²) in [6, 6.07) is 15.8. The van der Waals surface area contributed by atoms with Crippen LogP contribution in [0.25, 0.3) is 11.3 Å². The first-order chi connectivity index (χ1) is 12.8. The third-order valence-electron chi connectivity index (χ3n) is 4.63. The van der Waals surface area contributed by atoms with E-state index in [0.717, 1.165) is 38.2 Å². The van der Waals surface area contributed by atoms with E-state index in [-0.39, 0.29) is 5.91 Å². The quantitative estimate of drug-likeness (QED) is 0.705. The highest BCUT2D eigenvalue weighted by molar-refractivity contribution is 7.09. The molecule has 134 valence electrons. The van der Waals surface area contributed by atoms with Gasteiger partial charge in [0.25, 0.3) is 5.91 Å². The SMILES string of the molecule is O=C(c1cc(-c2ccccc2)no1)N1CCCN(Cc2cccs2)CC1. The number of carbonyl (C=O) groups excluding carboxylic acids is 1. The molecule has 3 aromatic rings. The van der Waals surface area contributed by atoms with E-state index in [0.29, 0.717) is 18.0 Å². The lowest BCUT2D eigenvalue weighted by molar-refractivity contribution is 0.0719.